The minimum absolute atomic E-state index is 0.603. The van der Waals surface area contributed by atoms with E-state index in [1.165, 1.54) is 38.1 Å². The van der Waals surface area contributed by atoms with Gasteiger partial charge >= 0.3 is 0 Å². The number of fused-ring (bicyclic) bond motifs is 4. The molecule has 6 aromatic rings. The van der Waals surface area contributed by atoms with Crippen LogP contribution in [-0.4, -0.2) is 4.57 Å². The smallest absolute Gasteiger partial charge is 0.0541 e. The first-order valence-electron chi connectivity index (χ1n) is 12.7. The van der Waals surface area contributed by atoms with Crippen LogP contribution in [0.4, 0.5) is 0 Å². The van der Waals surface area contributed by atoms with Crippen LogP contribution in [0, 0.1) is 12.3 Å². The van der Waals surface area contributed by atoms with E-state index in [4.69, 9.17) is 6.42 Å². The lowest BCUT2D eigenvalue weighted by Gasteiger charge is -2.08. The largest absolute Gasteiger partial charge is 0.309 e. The molecule has 0 aliphatic rings. The number of hydrogen-bond acceptors (Lipinski definition) is 0. The summed E-state index contributed by atoms with van der Waals surface area (Å²) in [6, 6.07) is 40.2. The van der Waals surface area contributed by atoms with Crippen molar-refractivity contribution in [2.45, 2.75) is 33.6 Å². The van der Waals surface area contributed by atoms with E-state index >= 15 is 0 Å². The molecule has 0 bridgehead atoms. The van der Waals surface area contributed by atoms with E-state index < -0.39 is 0 Å². The van der Waals surface area contributed by atoms with Crippen molar-refractivity contribution in [2.75, 3.05) is 0 Å². The molecule has 0 aliphatic heterocycles. The molecule has 1 heteroatoms. The van der Waals surface area contributed by atoms with Gasteiger partial charge in [0.1, 0.15) is 0 Å². The van der Waals surface area contributed by atoms with E-state index in [-0.39, 0.29) is 0 Å². The summed E-state index contributed by atoms with van der Waals surface area (Å²) in [6.07, 6.45) is 5.44. The molecule has 0 amide bonds. The molecule has 0 unspecified atom stereocenters. The van der Waals surface area contributed by atoms with Crippen LogP contribution in [0.1, 0.15) is 44.7 Å². The monoisotopic (exact) mass is 467 g/mol. The van der Waals surface area contributed by atoms with Crippen LogP contribution in [0.3, 0.4) is 0 Å². The Kier molecular flexibility index (Phi) is 7.89. The van der Waals surface area contributed by atoms with Gasteiger partial charge in [0, 0.05) is 22.0 Å². The van der Waals surface area contributed by atoms with Crippen molar-refractivity contribution >= 4 is 32.6 Å². The predicted octanol–water partition coefficient (Wildman–Crippen LogP) is 9.75. The minimum atomic E-state index is 0.603. The van der Waals surface area contributed by atoms with Gasteiger partial charge in [0.15, 0.2) is 0 Å². The Hall–Kier alpha value is -4.28. The van der Waals surface area contributed by atoms with Crippen LogP contribution in [0.15, 0.2) is 115 Å². The molecule has 1 heterocycles. The zero-order chi connectivity index (χ0) is 25.5. The third kappa shape index (κ3) is 4.90. The van der Waals surface area contributed by atoms with Crippen LogP contribution in [0.5, 0.6) is 0 Å². The summed E-state index contributed by atoms with van der Waals surface area (Å²) < 4.78 is 2.28. The number of rotatable bonds is 2. The normalized spacial score (nSPS) is 10.4. The van der Waals surface area contributed by atoms with Crippen LogP contribution >= 0.6 is 0 Å². The molecular formula is C35H33N. The molecule has 0 spiro atoms. The molecule has 1 nitrogen and oxygen atoms in total. The van der Waals surface area contributed by atoms with Gasteiger partial charge in [0.25, 0.3) is 0 Å². The number of terminal acetylenes is 1. The molecule has 0 fully saturated rings. The Labute approximate surface area is 215 Å². The fourth-order valence-corrected chi connectivity index (χ4v) is 4.66. The fourth-order valence-electron chi connectivity index (χ4n) is 4.66. The highest BCUT2D eigenvalue weighted by molar-refractivity contribution is 6.09. The topological polar surface area (TPSA) is 4.93 Å². The third-order valence-corrected chi connectivity index (χ3v) is 6.32. The summed E-state index contributed by atoms with van der Waals surface area (Å²) in [5.41, 5.74) is 5.91. The van der Waals surface area contributed by atoms with Crippen LogP contribution in [0.2, 0.25) is 0 Å². The molecule has 0 N–H and O–H groups in total. The summed E-state index contributed by atoms with van der Waals surface area (Å²) in [4.78, 5) is 0. The number of hydrogen-bond donors (Lipinski definition) is 0. The van der Waals surface area contributed by atoms with Gasteiger partial charge in [0.2, 0.25) is 0 Å². The van der Waals surface area contributed by atoms with Gasteiger partial charge in [-0.3, -0.25) is 0 Å². The molecule has 0 radical (unpaired) electrons. The second kappa shape index (κ2) is 11.4. The van der Waals surface area contributed by atoms with Gasteiger partial charge in [-0.1, -0.05) is 112 Å². The average Bonchev–Trinajstić information content (AvgIpc) is 3.28. The molecule has 6 rings (SSSR count). The maximum atomic E-state index is 5.44. The summed E-state index contributed by atoms with van der Waals surface area (Å²) in [5, 5.41) is 5.27. The molecule has 1 aromatic heterocycles. The Morgan fingerprint density at radius 2 is 1.08 bits per heavy atom. The number of para-hydroxylation sites is 2. The van der Waals surface area contributed by atoms with E-state index in [1.54, 1.807) is 0 Å². The van der Waals surface area contributed by atoms with Crippen molar-refractivity contribution in [3.8, 4) is 18.0 Å². The zero-order valence-corrected chi connectivity index (χ0v) is 21.6. The van der Waals surface area contributed by atoms with Crippen molar-refractivity contribution in [1.82, 2.24) is 4.57 Å². The average molecular weight is 468 g/mol. The Morgan fingerprint density at radius 3 is 1.64 bits per heavy atom. The molecule has 36 heavy (non-hydrogen) atoms. The van der Waals surface area contributed by atoms with E-state index in [2.05, 4.69) is 127 Å². The lowest BCUT2D eigenvalue weighted by atomic mass is 9.96. The van der Waals surface area contributed by atoms with Crippen LogP contribution < -0.4 is 0 Å². The quantitative estimate of drug-likeness (QED) is 0.223. The second-order valence-electron chi connectivity index (χ2n) is 8.78. The van der Waals surface area contributed by atoms with Crippen molar-refractivity contribution in [1.29, 1.82) is 0 Å². The second-order valence-corrected chi connectivity index (χ2v) is 8.78. The predicted molar refractivity (Wildman–Crippen MR) is 158 cm³/mol. The van der Waals surface area contributed by atoms with Crippen molar-refractivity contribution < 1.29 is 0 Å². The molecule has 0 saturated heterocycles. The summed E-state index contributed by atoms with van der Waals surface area (Å²) in [7, 11) is 0. The molecule has 178 valence electrons. The molecule has 5 aromatic carbocycles. The third-order valence-electron chi connectivity index (χ3n) is 6.32. The van der Waals surface area contributed by atoms with Crippen molar-refractivity contribution in [3.05, 3.63) is 126 Å². The summed E-state index contributed by atoms with van der Waals surface area (Å²) >= 11 is 0. The van der Waals surface area contributed by atoms with E-state index in [0.29, 0.717) is 5.92 Å². The zero-order valence-electron chi connectivity index (χ0n) is 21.6. The van der Waals surface area contributed by atoms with Crippen LogP contribution in [-0.2, 0) is 0 Å². The SMILES string of the molecule is C#Cc1ccc(-n2c3ccccc3c3ccccc32)cc1.CC.CC(C)c1cccc2ccccc12. The fraction of sp³-hybridized carbons (Fsp3) is 0.143. The van der Waals surface area contributed by atoms with Gasteiger partial charge in [0.05, 0.1) is 11.0 Å². The number of benzene rings is 5. The maximum absolute atomic E-state index is 5.44. The van der Waals surface area contributed by atoms with Gasteiger partial charge in [-0.05, 0) is 58.7 Å². The number of nitrogens with zero attached hydrogens (tertiary/aromatic N) is 1. The van der Waals surface area contributed by atoms with Crippen LogP contribution in [0.25, 0.3) is 38.3 Å². The van der Waals surface area contributed by atoms with Gasteiger partial charge < -0.3 is 4.57 Å². The lowest BCUT2D eigenvalue weighted by Crippen LogP contribution is -1.93. The highest BCUT2D eigenvalue weighted by Gasteiger charge is 2.10. The molecule has 0 aliphatic carbocycles. The standard InChI is InChI=1S/C20H13N.C13H14.C2H6/c1-2-15-11-13-16(14-12-15)21-19-9-5-3-7-17(19)18-8-4-6-10-20(18)21;1-10(2)12-9-5-7-11-6-3-4-8-13(11)12;1-2/h1,3-14H;3-10H,1-2H3;1-2H3. The van der Waals surface area contributed by atoms with Gasteiger partial charge in [-0.25, -0.2) is 0 Å². The van der Waals surface area contributed by atoms with Crippen molar-refractivity contribution in [2.24, 2.45) is 0 Å². The van der Waals surface area contributed by atoms with E-state index in [1.807, 2.05) is 26.0 Å². The minimum Gasteiger partial charge on any atom is -0.309 e. The maximum Gasteiger partial charge on any atom is 0.0541 e. The van der Waals surface area contributed by atoms with E-state index in [9.17, 15) is 0 Å². The molecule has 0 atom stereocenters. The highest BCUT2D eigenvalue weighted by atomic mass is 15.0. The van der Waals surface area contributed by atoms with Gasteiger partial charge in [-0.2, -0.15) is 0 Å². The molecule has 0 saturated carbocycles. The Morgan fingerprint density at radius 1 is 0.583 bits per heavy atom. The first kappa shape index (κ1) is 24.8. The lowest BCUT2D eigenvalue weighted by molar-refractivity contribution is 0.876. The Balaban J connectivity index is 0.000000175. The number of aromatic nitrogens is 1. The summed E-state index contributed by atoms with van der Waals surface area (Å²) in [5.74, 6) is 3.27. The first-order chi connectivity index (χ1) is 17.7. The van der Waals surface area contributed by atoms with Crippen molar-refractivity contribution in [3.63, 3.8) is 0 Å². The Bertz CT molecular complexity index is 1570. The summed E-state index contributed by atoms with van der Waals surface area (Å²) in [6.45, 7) is 8.48. The highest BCUT2D eigenvalue weighted by Crippen LogP contribution is 2.31. The van der Waals surface area contributed by atoms with E-state index in [0.717, 1.165) is 11.3 Å². The first-order valence-corrected chi connectivity index (χ1v) is 12.7. The van der Waals surface area contributed by atoms with Gasteiger partial charge in [-0.15, -0.1) is 6.42 Å². The molecular weight excluding hydrogens is 434 g/mol.